The SMILES string of the molecule is CCCCCCCC(=O)OC[C@H](COC(=O)CCCCCCCCCCCCCCCCCCCCC(C)C)OC(=O)CCCCCCCCCCCCCCCCC(C)CC. The maximum absolute atomic E-state index is 12.8. The number of carbonyl (C=O) groups is 3. The van der Waals surface area contributed by atoms with Gasteiger partial charge in [-0.25, -0.2) is 0 Å². The van der Waals surface area contributed by atoms with Crippen LogP contribution >= 0.6 is 0 Å². The minimum absolute atomic E-state index is 0.0641. The molecule has 0 radical (unpaired) electrons. The second-order valence-corrected chi connectivity index (χ2v) is 19.9. The molecule has 0 aromatic heterocycles. The van der Waals surface area contributed by atoms with E-state index < -0.39 is 6.10 Å². The zero-order valence-corrected chi connectivity index (χ0v) is 42.5. The zero-order chi connectivity index (χ0) is 45.4. The number of hydrogen-bond acceptors (Lipinski definition) is 6. The van der Waals surface area contributed by atoms with Gasteiger partial charge in [-0.2, -0.15) is 0 Å². The van der Waals surface area contributed by atoms with Crippen LogP contribution in [0.2, 0.25) is 0 Å². The molecule has 0 bridgehead atoms. The molecule has 0 aromatic rings. The highest BCUT2D eigenvalue weighted by Gasteiger charge is 2.19. The Morgan fingerprint density at radius 3 is 0.919 bits per heavy atom. The van der Waals surface area contributed by atoms with Gasteiger partial charge in [0.05, 0.1) is 0 Å². The highest BCUT2D eigenvalue weighted by molar-refractivity contribution is 5.71. The molecule has 368 valence electrons. The van der Waals surface area contributed by atoms with E-state index in [1.807, 2.05) is 0 Å². The van der Waals surface area contributed by atoms with Crippen molar-refractivity contribution in [3.8, 4) is 0 Å². The summed E-state index contributed by atoms with van der Waals surface area (Å²) in [7, 11) is 0. The molecule has 6 nitrogen and oxygen atoms in total. The van der Waals surface area contributed by atoms with E-state index >= 15 is 0 Å². The van der Waals surface area contributed by atoms with Crippen molar-refractivity contribution in [3.05, 3.63) is 0 Å². The maximum Gasteiger partial charge on any atom is 0.306 e. The molecule has 0 rings (SSSR count). The molecule has 0 N–H and O–H groups in total. The first-order valence-electron chi connectivity index (χ1n) is 27.8. The summed E-state index contributed by atoms with van der Waals surface area (Å²) in [5, 5.41) is 0. The van der Waals surface area contributed by atoms with E-state index in [4.69, 9.17) is 14.2 Å². The van der Waals surface area contributed by atoms with Gasteiger partial charge in [0.2, 0.25) is 0 Å². The van der Waals surface area contributed by atoms with Gasteiger partial charge in [-0.05, 0) is 31.1 Å². The van der Waals surface area contributed by atoms with Gasteiger partial charge in [-0.15, -0.1) is 0 Å². The number of rotatable bonds is 50. The van der Waals surface area contributed by atoms with E-state index in [0.717, 1.165) is 76.0 Å². The van der Waals surface area contributed by atoms with Crippen molar-refractivity contribution in [2.45, 2.75) is 317 Å². The molecule has 0 spiro atoms. The Bertz CT molecular complexity index is 949. The lowest BCUT2D eigenvalue weighted by Crippen LogP contribution is -2.30. The van der Waals surface area contributed by atoms with Crippen LogP contribution < -0.4 is 0 Å². The van der Waals surface area contributed by atoms with Crippen LogP contribution in [0.4, 0.5) is 0 Å². The summed E-state index contributed by atoms with van der Waals surface area (Å²) in [6, 6.07) is 0. The first-order chi connectivity index (χ1) is 30.3. The molecule has 0 saturated carbocycles. The quantitative estimate of drug-likeness (QED) is 0.0344. The largest absolute Gasteiger partial charge is 0.462 e. The molecule has 0 aliphatic heterocycles. The summed E-state index contributed by atoms with van der Waals surface area (Å²) in [4.78, 5) is 37.7. The van der Waals surface area contributed by atoms with Crippen molar-refractivity contribution < 1.29 is 28.6 Å². The Labute approximate surface area is 387 Å². The van der Waals surface area contributed by atoms with Crippen LogP contribution in [0, 0.1) is 11.8 Å². The van der Waals surface area contributed by atoms with Crippen LogP contribution in [-0.2, 0) is 28.6 Å². The Morgan fingerprint density at radius 1 is 0.339 bits per heavy atom. The predicted octanol–water partition coefficient (Wildman–Crippen LogP) is 18.1. The summed E-state index contributed by atoms with van der Waals surface area (Å²) < 4.78 is 16.7. The van der Waals surface area contributed by atoms with Gasteiger partial charge >= 0.3 is 17.9 Å². The summed E-state index contributed by atoms with van der Waals surface area (Å²) in [5.41, 5.74) is 0. The topological polar surface area (TPSA) is 78.9 Å². The van der Waals surface area contributed by atoms with Crippen molar-refractivity contribution >= 4 is 17.9 Å². The van der Waals surface area contributed by atoms with E-state index in [9.17, 15) is 14.4 Å². The molecule has 6 heteroatoms. The molecular weight excluding hydrogens is 769 g/mol. The summed E-state index contributed by atoms with van der Waals surface area (Å²) in [6.07, 6.45) is 51.3. The number of esters is 3. The van der Waals surface area contributed by atoms with Crippen LogP contribution in [-0.4, -0.2) is 37.2 Å². The van der Waals surface area contributed by atoms with Crippen molar-refractivity contribution in [1.29, 1.82) is 0 Å². The number of carbonyl (C=O) groups excluding carboxylic acids is 3. The summed E-state index contributed by atoms with van der Waals surface area (Å²) in [6.45, 7) is 11.4. The van der Waals surface area contributed by atoms with E-state index in [1.165, 1.54) is 193 Å². The first-order valence-corrected chi connectivity index (χ1v) is 27.8. The minimum Gasteiger partial charge on any atom is -0.462 e. The van der Waals surface area contributed by atoms with Crippen LogP contribution in [0.1, 0.15) is 311 Å². The average Bonchev–Trinajstić information content (AvgIpc) is 3.26. The zero-order valence-electron chi connectivity index (χ0n) is 42.5. The molecule has 2 atom stereocenters. The third kappa shape index (κ3) is 47.9. The molecular formula is C56H108O6. The molecule has 1 unspecified atom stereocenters. The lowest BCUT2D eigenvalue weighted by Gasteiger charge is -2.18. The third-order valence-corrected chi connectivity index (χ3v) is 13.1. The van der Waals surface area contributed by atoms with Crippen LogP contribution in [0.25, 0.3) is 0 Å². The standard InChI is InChI=1S/C56H108O6/c1-6-8-9-34-41-46-54(57)60-49-53(62-56(59)48-43-38-33-29-25-21-17-16-19-23-27-31-36-40-45-52(5)7-2)50-61-55(58)47-42-37-32-28-24-20-15-13-11-10-12-14-18-22-26-30-35-39-44-51(3)4/h51-53H,6-50H2,1-5H3/t52?,53-/m1/s1. The second kappa shape index (κ2) is 48.9. The maximum atomic E-state index is 12.8. The normalized spacial score (nSPS) is 12.5. The van der Waals surface area contributed by atoms with E-state index in [2.05, 4.69) is 34.6 Å². The highest BCUT2D eigenvalue weighted by Crippen LogP contribution is 2.18. The molecule has 0 fully saturated rings. The summed E-state index contributed by atoms with van der Waals surface area (Å²) in [5.74, 6) is 0.896. The van der Waals surface area contributed by atoms with Gasteiger partial charge < -0.3 is 14.2 Å². The molecule has 0 aliphatic carbocycles. The molecule has 0 amide bonds. The van der Waals surface area contributed by atoms with Crippen molar-refractivity contribution in [3.63, 3.8) is 0 Å². The predicted molar refractivity (Wildman–Crippen MR) is 266 cm³/mol. The Morgan fingerprint density at radius 2 is 0.613 bits per heavy atom. The number of ether oxygens (including phenoxy) is 3. The van der Waals surface area contributed by atoms with Gasteiger partial charge in [0.15, 0.2) is 6.10 Å². The Hall–Kier alpha value is -1.59. The fraction of sp³-hybridized carbons (Fsp3) is 0.946. The Kier molecular flexibility index (Phi) is 47.6. The van der Waals surface area contributed by atoms with Crippen LogP contribution in [0.3, 0.4) is 0 Å². The number of unbranched alkanes of at least 4 members (excludes halogenated alkanes) is 34. The van der Waals surface area contributed by atoms with Crippen LogP contribution in [0.15, 0.2) is 0 Å². The van der Waals surface area contributed by atoms with Crippen LogP contribution in [0.5, 0.6) is 0 Å². The lowest BCUT2D eigenvalue weighted by atomic mass is 9.99. The fourth-order valence-corrected chi connectivity index (χ4v) is 8.49. The van der Waals surface area contributed by atoms with Gasteiger partial charge in [-0.3, -0.25) is 14.4 Å². The van der Waals surface area contributed by atoms with Gasteiger partial charge in [-0.1, -0.05) is 272 Å². The molecule has 62 heavy (non-hydrogen) atoms. The molecule has 0 saturated heterocycles. The number of hydrogen-bond donors (Lipinski definition) is 0. The minimum atomic E-state index is -0.760. The van der Waals surface area contributed by atoms with Gasteiger partial charge in [0.1, 0.15) is 13.2 Å². The fourth-order valence-electron chi connectivity index (χ4n) is 8.49. The summed E-state index contributed by atoms with van der Waals surface area (Å²) >= 11 is 0. The van der Waals surface area contributed by atoms with Crippen molar-refractivity contribution in [2.24, 2.45) is 11.8 Å². The second-order valence-electron chi connectivity index (χ2n) is 19.9. The Balaban J connectivity index is 4.05. The van der Waals surface area contributed by atoms with Crippen molar-refractivity contribution in [2.75, 3.05) is 13.2 Å². The van der Waals surface area contributed by atoms with Gasteiger partial charge in [0, 0.05) is 19.3 Å². The van der Waals surface area contributed by atoms with E-state index in [0.29, 0.717) is 19.3 Å². The average molecular weight is 877 g/mol. The molecule has 0 heterocycles. The third-order valence-electron chi connectivity index (χ3n) is 13.1. The lowest BCUT2D eigenvalue weighted by molar-refractivity contribution is -0.167. The van der Waals surface area contributed by atoms with E-state index in [-0.39, 0.29) is 31.1 Å². The first kappa shape index (κ1) is 60.4. The molecule has 0 aromatic carbocycles. The monoisotopic (exact) mass is 877 g/mol. The molecule has 0 aliphatic rings. The smallest absolute Gasteiger partial charge is 0.306 e. The van der Waals surface area contributed by atoms with E-state index in [1.54, 1.807) is 0 Å². The highest BCUT2D eigenvalue weighted by atomic mass is 16.6. The van der Waals surface area contributed by atoms with Crippen molar-refractivity contribution in [1.82, 2.24) is 0 Å². The van der Waals surface area contributed by atoms with Gasteiger partial charge in [0.25, 0.3) is 0 Å².